The smallest absolute Gasteiger partial charge is 0.143 e. The van der Waals surface area contributed by atoms with Gasteiger partial charge >= 0.3 is 0 Å². The fourth-order valence-corrected chi connectivity index (χ4v) is 3.89. The van der Waals surface area contributed by atoms with E-state index >= 15 is 0 Å². The van der Waals surface area contributed by atoms with Crippen LogP contribution < -0.4 is 11.5 Å². The van der Waals surface area contributed by atoms with Crippen molar-refractivity contribution >= 4 is 40.9 Å². The first-order chi connectivity index (χ1) is 15.0. The van der Waals surface area contributed by atoms with Gasteiger partial charge in [0, 0.05) is 11.5 Å². The van der Waals surface area contributed by atoms with Gasteiger partial charge in [-0.2, -0.15) is 0 Å². The lowest BCUT2D eigenvalue weighted by Crippen LogP contribution is -2.15. The Morgan fingerprint density at radius 2 is 1.53 bits per heavy atom. The van der Waals surface area contributed by atoms with E-state index in [-0.39, 0.29) is 30.0 Å². The summed E-state index contributed by atoms with van der Waals surface area (Å²) >= 11 is 0. The van der Waals surface area contributed by atoms with Crippen molar-refractivity contribution in [3.63, 3.8) is 0 Å². The van der Waals surface area contributed by atoms with Gasteiger partial charge in [-0.25, -0.2) is 9.97 Å². The summed E-state index contributed by atoms with van der Waals surface area (Å²) in [6.45, 7) is 0. The molecule has 0 saturated carbocycles. The van der Waals surface area contributed by atoms with Crippen LogP contribution in [0, 0.1) is 10.8 Å². The van der Waals surface area contributed by atoms with E-state index in [4.69, 9.17) is 22.3 Å². The van der Waals surface area contributed by atoms with E-state index in [1.54, 1.807) is 12.4 Å². The van der Waals surface area contributed by atoms with Gasteiger partial charge in [0.15, 0.2) is 0 Å². The fourth-order valence-electron chi connectivity index (χ4n) is 3.89. The number of nitrogens with two attached hydrogens (primary N) is 2. The number of nitrogen functional groups attached to an aromatic ring is 2. The Labute approximate surface area is 189 Å². The molecular formula is C23H19ClN8. The molecule has 32 heavy (non-hydrogen) atoms. The van der Waals surface area contributed by atoms with E-state index in [9.17, 15) is 0 Å². The van der Waals surface area contributed by atoms with Gasteiger partial charge in [0.2, 0.25) is 0 Å². The summed E-state index contributed by atoms with van der Waals surface area (Å²) in [6.07, 6.45) is 10.5. The minimum Gasteiger partial charge on any atom is -0.382 e. The van der Waals surface area contributed by atoms with Crippen LogP contribution in [0.25, 0.3) is 28.1 Å². The lowest BCUT2D eigenvalue weighted by molar-refractivity contribution is 0.935. The number of benzene rings is 2. The van der Waals surface area contributed by atoms with Crippen molar-refractivity contribution in [2.75, 3.05) is 0 Å². The van der Waals surface area contributed by atoms with E-state index in [2.05, 4.69) is 50.3 Å². The Morgan fingerprint density at radius 1 is 0.812 bits per heavy atom. The van der Waals surface area contributed by atoms with Crippen molar-refractivity contribution in [2.24, 2.45) is 11.5 Å². The molecule has 0 saturated heterocycles. The standard InChI is InChI=1S/C23H18N8.ClH/c24-22(25)19-10-28-17(8-30-19)13-5-4-12-2-1-3-15-14(6-7-16(13)21(12)15)18-9-31-20(11-29-18)23(26)27;/h1-11,14H,(H3,24,25)(H3,26,27);1H. The highest BCUT2D eigenvalue weighted by molar-refractivity contribution is 6.01. The average Bonchev–Trinajstić information content (AvgIpc) is 2.80. The molecule has 1 aliphatic carbocycles. The normalized spacial score (nSPS) is 14.1. The van der Waals surface area contributed by atoms with Gasteiger partial charge in [-0.3, -0.25) is 20.8 Å². The zero-order valence-electron chi connectivity index (χ0n) is 16.8. The molecule has 5 rings (SSSR count). The fraction of sp³-hybridized carbons (Fsp3) is 0.0435. The van der Waals surface area contributed by atoms with Crippen LogP contribution in [-0.4, -0.2) is 31.6 Å². The van der Waals surface area contributed by atoms with E-state index in [0.29, 0.717) is 17.1 Å². The van der Waals surface area contributed by atoms with Crippen LogP contribution in [0.5, 0.6) is 0 Å². The molecule has 0 bridgehead atoms. The number of hydrogen-bond donors (Lipinski definition) is 4. The second kappa shape index (κ2) is 8.16. The maximum atomic E-state index is 7.51. The number of allylic oxidation sites excluding steroid dienone is 1. The van der Waals surface area contributed by atoms with Gasteiger partial charge in [0.05, 0.1) is 36.2 Å². The number of nitrogens with zero attached hydrogens (tertiary/aromatic N) is 4. The lowest BCUT2D eigenvalue weighted by Gasteiger charge is -2.22. The summed E-state index contributed by atoms with van der Waals surface area (Å²) in [4.78, 5) is 17.5. The molecule has 0 radical (unpaired) electrons. The van der Waals surface area contributed by atoms with Crippen LogP contribution in [0.3, 0.4) is 0 Å². The molecule has 0 aliphatic heterocycles. The Morgan fingerprint density at radius 3 is 2.16 bits per heavy atom. The molecule has 2 aromatic heterocycles. The van der Waals surface area contributed by atoms with E-state index in [1.807, 2.05) is 12.1 Å². The third-order valence-corrected chi connectivity index (χ3v) is 5.38. The topological polar surface area (TPSA) is 151 Å². The van der Waals surface area contributed by atoms with Crippen molar-refractivity contribution in [1.29, 1.82) is 10.8 Å². The minimum atomic E-state index is -0.110. The molecule has 4 aromatic rings. The Bertz CT molecular complexity index is 1380. The zero-order chi connectivity index (χ0) is 21.5. The van der Waals surface area contributed by atoms with Crippen LogP contribution in [0.4, 0.5) is 0 Å². The van der Waals surface area contributed by atoms with Crippen LogP contribution >= 0.6 is 12.4 Å². The average molecular weight is 443 g/mol. The number of aromatic nitrogens is 4. The molecule has 158 valence electrons. The minimum absolute atomic E-state index is 0. The molecule has 0 fully saturated rings. The summed E-state index contributed by atoms with van der Waals surface area (Å²) in [5, 5.41) is 17.3. The Balaban J connectivity index is 0.00000245. The van der Waals surface area contributed by atoms with Crippen molar-refractivity contribution in [3.05, 3.63) is 89.4 Å². The van der Waals surface area contributed by atoms with Gasteiger partial charge in [0.25, 0.3) is 0 Å². The van der Waals surface area contributed by atoms with Gasteiger partial charge < -0.3 is 11.5 Å². The third kappa shape index (κ3) is 3.46. The van der Waals surface area contributed by atoms with Crippen LogP contribution in [0.2, 0.25) is 0 Å². The molecule has 9 heteroatoms. The van der Waals surface area contributed by atoms with Crippen LogP contribution in [0.1, 0.15) is 34.1 Å². The number of nitrogens with one attached hydrogen (secondary N) is 2. The first-order valence-electron chi connectivity index (χ1n) is 9.60. The number of amidine groups is 2. The molecule has 8 nitrogen and oxygen atoms in total. The van der Waals surface area contributed by atoms with Gasteiger partial charge in [-0.1, -0.05) is 42.5 Å². The van der Waals surface area contributed by atoms with Crippen molar-refractivity contribution in [3.8, 4) is 11.3 Å². The first-order valence-corrected chi connectivity index (χ1v) is 9.60. The van der Waals surface area contributed by atoms with Crippen molar-refractivity contribution < 1.29 is 0 Å². The van der Waals surface area contributed by atoms with Gasteiger partial charge in [0.1, 0.15) is 23.1 Å². The van der Waals surface area contributed by atoms with E-state index in [0.717, 1.165) is 33.2 Å². The van der Waals surface area contributed by atoms with E-state index < -0.39 is 0 Å². The third-order valence-electron chi connectivity index (χ3n) is 5.38. The maximum absolute atomic E-state index is 7.51. The number of rotatable bonds is 4. The Hall–Kier alpha value is -4.17. The monoisotopic (exact) mass is 442 g/mol. The summed E-state index contributed by atoms with van der Waals surface area (Å²) in [7, 11) is 0. The second-order valence-corrected chi connectivity index (χ2v) is 7.25. The van der Waals surface area contributed by atoms with Crippen molar-refractivity contribution in [1.82, 2.24) is 19.9 Å². The largest absolute Gasteiger partial charge is 0.382 e. The number of halogens is 1. The quantitative estimate of drug-likeness (QED) is 0.281. The highest BCUT2D eigenvalue weighted by atomic mass is 35.5. The molecular weight excluding hydrogens is 424 g/mol. The molecule has 2 heterocycles. The lowest BCUT2D eigenvalue weighted by atomic mass is 9.82. The molecule has 6 N–H and O–H groups in total. The molecule has 1 aliphatic rings. The predicted molar refractivity (Wildman–Crippen MR) is 127 cm³/mol. The first kappa shape index (κ1) is 21.1. The predicted octanol–water partition coefficient (Wildman–Crippen LogP) is 3.24. The van der Waals surface area contributed by atoms with Gasteiger partial charge in [-0.05, 0) is 21.9 Å². The van der Waals surface area contributed by atoms with Gasteiger partial charge in [-0.15, -0.1) is 12.4 Å². The molecule has 1 atom stereocenters. The maximum Gasteiger partial charge on any atom is 0.143 e. The molecule has 0 amide bonds. The molecule has 0 spiro atoms. The molecule has 1 unspecified atom stereocenters. The van der Waals surface area contributed by atoms with Crippen molar-refractivity contribution in [2.45, 2.75) is 5.92 Å². The number of hydrogen-bond acceptors (Lipinski definition) is 6. The van der Waals surface area contributed by atoms with Crippen LogP contribution in [-0.2, 0) is 0 Å². The van der Waals surface area contributed by atoms with E-state index in [1.165, 1.54) is 12.4 Å². The highest BCUT2D eigenvalue weighted by Crippen LogP contribution is 2.41. The summed E-state index contributed by atoms with van der Waals surface area (Å²) < 4.78 is 0. The summed E-state index contributed by atoms with van der Waals surface area (Å²) in [5.41, 5.74) is 16.3. The second-order valence-electron chi connectivity index (χ2n) is 7.25. The summed E-state index contributed by atoms with van der Waals surface area (Å²) in [6, 6.07) is 10.3. The zero-order valence-corrected chi connectivity index (χ0v) is 17.6. The SMILES string of the molecule is Cl.N=C(N)c1cnc(-c2ccc3cccc4c3c2C=CC4c2cnc(C(=N)N)cn2)cn1. The highest BCUT2D eigenvalue weighted by Gasteiger charge is 2.23. The molecule has 2 aromatic carbocycles. The summed E-state index contributed by atoms with van der Waals surface area (Å²) in [5.74, 6) is -0.279. The van der Waals surface area contributed by atoms with Crippen LogP contribution in [0.15, 0.2) is 61.2 Å². The Kier molecular flexibility index (Phi) is 5.38.